The second-order valence-electron chi connectivity index (χ2n) is 7.22. The molecule has 3 aromatic rings. The molecular weight excluding hydrogens is 410 g/mol. The standard InChI is InChI=1S/C23H29N5O2S/c1-4-27(5-2)15-18-8-6-17(7-9-18)14-24-21(29)16-28-22(25-26-23(28)31)19-10-12-20(30-3)13-11-19/h6-13H,4-5,14-16H2,1-3H3,(H,24,29)(H,26,31). The molecule has 0 aliphatic rings. The van der Waals surface area contributed by atoms with E-state index < -0.39 is 0 Å². The number of hydrogen-bond donors (Lipinski definition) is 2. The van der Waals surface area contributed by atoms with Gasteiger partial charge < -0.3 is 10.1 Å². The number of hydrogen-bond acceptors (Lipinski definition) is 5. The van der Waals surface area contributed by atoms with Crippen molar-refractivity contribution in [3.8, 4) is 17.1 Å². The number of aromatic amines is 1. The lowest BCUT2D eigenvalue weighted by molar-refractivity contribution is -0.121. The fourth-order valence-electron chi connectivity index (χ4n) is 3.29. The Kier molecular flexibility index (Phi) is 7.97. The van der Waals surface area contributed by atoms with E-state index in [-0.39, 0.29) is 12.5 Å². The van der Waals surface area contributed by atoms with Gasteiger partial charge in [0.05, 0.1) is 7.11 Å². The van der Waals surface area contributed by atoms with Crippen LogP contribution in [0.2, 0.25) is 0 Å². The summed E-state index contributed by atoms with van der Waals surface area (Å²) in [4.78, 5) is 14.9. The number of ether oxygens (including phenoxy) is 1. The van der Waals surface area contributed by atoms with Crippen molar-refractivity contribution in [2.75, 3.05) is 20.2 Å². The zero-order chi connectivity index (χ0) is 22.2. The van der Waals surface area contributed by atoms with E-state index in [0.717, 1.165) is 36.5 Å². The third-order valence-corrected chi connectivity index (χ3v) is 5.53. The number of rotatable bonds is 10. The van der Waals surface area contributed by atoms with Crippen LogP contribution in [0.5, 0.6) is 5.75 Å². The molecular formula is C23H29N5O2S. The molecule has 0 atom stereocenters. The van der Waals surface area contributed by atoms with Crippen LogP contribution in [-0.2, 0) is 24.4 Å². The van der Waals surface area contributed by atoms with Crippen LogP contribution in [0, 0.1) is 4.77 Å². The molecule has 1 heterocycles. The van der Waals surface area contributed by atoms with Gasteiger partial charge in [-0.1, -0.05) is 38.1 Å². The molecule has 7 nitrogen and oxygen atoms in total. The molecule has 164 valence electrons. The average Bonchev–Trinajstić information content (AvgIpc) is 3.16. The first-order chi connectivity index (χ1) is 15.0. The molecule has 0 aliphatic heterocycles. The Bertz CT molecular complexity index is 1040. The SMILES string of the molecule is CCN(CC)Cc1ccc(CNC(=O)Cn2c(-c3ccc(OC)cc3)n[nH]c2=S)cc1. The molecule has 1 aromatic heterocycles. The van der Waals surface area contributed by atoms with Gasteiger partial charge in [0, 0.05) is 18.7 Å². The molecule has 0 radical (unpaired) electrons. The van der Waals surface area contributed by atoms with E-state index in [1.807, 2.05) is 24.3 Å². The number of nitrogens with one attached hydrogen (secondary N) is 2. The smallest absolute Gasteiger partial charge is 0.240 e. The highest BCUT2D eigenvalue weighted by Crippen LogP contribution is 2.20. The number of amides is 1. The lowest BCUT2D eigenvalue weighted by Gasteiger charge is -2.18. The maximum atomic E-state index is 12.6. The van der Waals surface area contributed by atoms with E-state index in [1.165, 1.54) is 5.56 Å². The second kappa shape index (κ2) is 10.9. The van der Waals surface area contributed by atoms with Gasteiger partial charge in [0.15, 0.2) is 10.6 Å². The lowest BCUT2D eigenvalue weighted by Crippen LogP contribution is -2.27. The van der Waals surface area contributed by atoms with Gasteiger partial charge in [0.25, 0.3) is 0 Å². The quantitative estimate of drug-likeness (QED) is 0.470. The number of benzene rings is 2. The lowest BCUT2D eigenvalue weighted by atomic mass is 10.1. The van der Waals surface area contributed by atoms with Crippen molar-refractivity contribution in [3.05, 3.63) is 64.4 Å². The number of aromatic nitrogens is 3. The molecule has 3 rings (SSSR count). The number of carbonyl (C=O) groups excluding carboxylic acids is 1. The van der Waals surface area contributed by atoms with Gasteiger partial charge in [0.2, 0.25) is 5.91 Å². The third-order valence-electron chi connectivity index (χ3n) is 5.22. The van der Waals surface area contributed by atoms with Crippen molar-refractivity contribution in [3.63, 3.8) is 0 Å². The fraction of sp³-hybridized carbons (Fsp3) is 0.348. The van der Waals surface area contributed by atoms with E-state index in [2.05, 4.69) is 58.5 Å². The number of H-pyrrole nitrogens is 1. The molecule has 0 aliphatic carbocycles. The minimum Gasteiger partial charge on any atom is -0.497 e. The number of nitrogens with zero attached hydrogens (tertiary/aromatic N) is 3. The van der Waals surface area contributed by atoms with Crippen molar-refractivity contribution in [1.82, 2.24) is 25.0 Å². The molecule has 8 heteroatoms. The van der Waals surface area contributed by atoms with Crippen molar-refractivity contribution >= 4 is 18.1 Å². The highest BCUT2D eigenvalue weighted by molar-refractivity contribution is 7.71. The maximum Gasteiger partial charge on any atom is 0.240 e. The molecule has 0 fully saturated rings. The summed E-state index contributed by atoms with van der Waals surface area (Å²) in [5, 5.41) is 10.0. The summed E-state index contributed by atoms with van der Waals surface area (Å²) in [6.45, 7) is 7.89. The summed E-state index contributed by atoms with van der Waals surface area (Å²) in [6, 6.07) is 15.8. The molecule has 0 spiro atoms. The summed E-state index contributed by atoms with van der Waals surface area (Å²) in [7, 11) is 1.62. The predicted octanol–water partition coefficient (Wildman–Crippen LogP) is 3.77. The van der Waals surface area contributed by atoms with E-state index in [9.17, 15) is 4.79 Å². The molecule has 31 heavy (non-hydrogen) atoms. The third kappa shape index (κ3) is 6.02. The zero-order valence-corrected chi connectivity index (χ0v) is 19.0. The molecule has 0 bridgehead atoms. The van der Waals surface area contributed by atoms with Gasteiger partial charge in [-0.2, -0.15) is 5.10 Å². The van der Waals surface area contributed by atoms with Gasteiger partial charge >= 0.3 is 0 Å². The predicted molar refractivity (Wildman–Crippen MR) is 124 cm³/mol. The Labute approximate surface area is 188 Å². The Hall–Kier alpha value is -2.97. The van der Waals surface area contributed by atoms with Gasteiger partial charge in [0.1, 0.15) is 12.3 Å². The number of carbonyl (C=O) groups is 1. The molecule has 1 amide bonds. The normalized spacial score (nSPS) is 11.0. The molecule has 2 N–H and O–H groups in total. The van der Waals surface area contributed by atoms with Crippen molar-refractivity contribution in [2.24, 2.45) is 0 Å². The topological polar surface area (TPSA) is 75.2 Å². The Morgan fingerprint density at radius 2 is 1.74 bits per heavy atom. The fourth-order valence-corrected chi connectivity index (χ4v) is 3.49. The summed E-state index contributed by atoms with van der Waals surface area (Å²) >= 11 is 5.32. The first-order valence-electron chi connectivity index (χ1n) is 10.4. The van der Waals surface area contributed by atoms with E-state index >= 15 is 0 Å². The maximum absolute atomic E-state index is 12.6. The Balaban J connectivity index is 1.60. The van der Waals surface area contributed by atoms with Crippen LogP contribution in [0.25, 0.3) is 11.4 Å². The van der Waals surface area contributed by atoms with E-state index in [1.54, 1.807) is 11.7 Å². The van der Waals surface area contributed by atoms with Gasteiger partial charge in [-0.25, -0.2) is 0 Å². The first-order valence-corrected chi connectivity index (χ1v) is 10.8. The Morgan fingerprint density at radius 3 is 2.35 bits per heavy atom. The molecule has 0 saturated heterocycles. The Morgan fingerprint density at radius 1 is 1.10 bits per heavy atom. The van der Waals surface area contributed by atoms with Gasteiger partial charge in [-0.3, -0.25) is 19.4 Å². The summed E-state index contributed by atoms with van der Waals surface area (Å²) in [6.07, 6.45) is 0. The summed E-state index contributed by atoms with van der Waals surface area (Å²) < 4.78 is 7.29. The van der Waals surface area contributed by atoms with Crippen molar-refractivity contribution in [1.29, 1.82) is 0 Å². The van der Waals surface area contributed by atoms with Crippen LogP contribution in [0.3, 0.4) is 0 Å². The highest BCUT2D eigenvalue weighted by Gasteiger charge is 2.12. The van der Waals surface area contributed by atoms with Gasteiger partial charge in [-0.05, 0) is 60.7 Å². The molecule has 0 saturated carbocycles. The van der Waals surface area contributed by atoms with Crippen LogP contribution < -0.4 is 10.1 Å². The van der Waals surface area contributed by atoms with E-state index in [0.29, 0.717) is 17.1 Å². The molecule has 2 aromatic carbocycles. The summed E-state index contributed by atoms with van der Waals surface area (Å²) in [5.74, 6) is 1.24. The van der Waals surface area contributed by atoms with Gasteiger partial charge in [-0.15, -0.1) is 0 Å². The van der Waals surface area contributed by atoms with Crippen LogP contribution >= 0.6 is 12.2 Å². The van der Waals surface area contributed by atoms with Crippen LogP contribution in [-0.4, -0.2) is 45.8 Å². The minimum atomic E-state index is -0.125. The number of methoxy groups -OCH3 is 1. The first kappa shape index (κ1) is 22.7. The minimum absolute atomic E-state index is 0.0940. The van der Waals surface area contributed by atoms with Crippen LogP contribution in [0.15, 0.2) is 48.5 Å². The molecule has 0 unspecified atom stereocenters. The zero-order valence-electron chi connectivity index (χ0n) is 18.2. The van der Waals surface area contributed by atoms with Crippen LogP contribution in [0.1, 0.15) is 25.0 Å². The largest absolute Gasteiger partial charge is 0.497 e. The highest BCUT2D eigenvalue weighted by atomic mass is 32.1. The monoisotopic (exact) mass is 439 g/mol. The van der Waals surface area contributed by atoms with Crippen molar-refractivity contribution in [2.45, 2.75) is 33.5 Å². The van der Waals surface area contributed by atoms with Crippen LogP contribution in [0.4, 0.5) is 0 Å². The van der Waals surface area contributed by atoms with E-state index in [4.69, 9.17) is 17.0 Å². The average molecular weight is 440 g/mol. The van der Waals surface area contributed by atoms with Crippen molar-refractivity contribution < 1.29 is 9.53 Å². The summed E-state index contributed by atoms with van der Waals surface area (Å²) in [5.41, 5.74) is 3.18. The second-order valence-corrected chi connectivity index (χ2v) is 7.61.